The third-order valence-electron chi connectivity index (χ3n) is 2.93. The predicted octanol–water partition coefficient (Wildman–Crippen LogP) is 3.97. The minimum atomic E-state index is -1.17. The van der Waals surface area contributed by atoms with Crippen LogP contribution in [0, 0.1) is 11.6 Å². The van der Waals surface area contributed by atoms with Gasteiger partial charge in [-0.25, -0.2) is 8.78 Å². The molecule has 0 amide bonds. The Balaban J connectivity index is 2.09. The lowest BCUT2D eigenvalue weighted by Gasteiger charge is -2.12. The molecule has 0 unspecified atom stereocenters. The van der Waals surface area contributed by atoms with Crippen molar-refractivity contribution in [3.8, 4) is 0 Å². The smallest absolute Gasteiger partial charge is 0.123 e. The van der Waals surface area contributed by atoms with Crippen molar-refractivity contribution in [3.63, 3.8) is 0 Å². The van der Waals surface area contributed by atoms with Crippen molar-refractivity contribution in [1.29, 1.82) is 0 Å². The second-order valence-electron chi connectivity index (χ2n) is 4.35. The lowest BCUT2D eigenvalue weighted by molar-refractivity contribution is 0.625. The third kappa shape index (κ3) is 3.70. The van der Waals surface area contributed by atoms with E-state index >= 15 is 0 Å². The summed E-state index contributed by atoms with van der Waals surface area (Å²) in [5.74, 6) is -0.355. The van der Waals surface area contributed by atoms with Crippen LogP contribution >= 0.6 is 0 Å². The van der Waals surface area contributed by atoms with Gasteiger partial charge in [-0.3, -0.25) is 4.21 Å². The second-order valence-corrected chi connectivity index (χ2v) is 6.11. The Morgan fingerprint density at radius 2 is 1.74 bits per heavy atom. The molecule has 1 nitrogen and oxygen atoms in total. The Labute approximate surface area is 113 Å². The molecule has 0 heterocycles. The summed E-state index contributed by atoms with van der Waals surface area (Å²) in [6, 6.07) is 12.1. The average molecular weight is 280 g/mol. The van der Waals surface area contributed by atoms with Crippen molar-refractivity contribution in [2.75, 3.05) is 0 Å². The number of rotatable bonds is 4. The molecule has 2 aromatic carbocycles. The van der Waals surface area contributed by atoms with Gasteiger partial charge in [-0.2, -0.15) is 0 Å². The maximum Gasteiger partial charge on any atom is 0.123 e. The fourth-order valence-electron chi connectivity index (χ4n) is 1.80. The standard InChI is InChI=1S/C15H14F2OS/c1-11(13-5-7-14(16)8-6-13)19(18)10-12-3-2-4-15(17)9-12/h2-9,11H,10H2,1H3/t11-,19+/m0/s1. The van der Waals surface area contributed by atoms with E-state index in [2.05, 4.69) is 0 Å². The first kappa shape index (κ1) is 13.9. The zero-order valence-electron chi connectivity index (χ0n) is 10.5. The van der Waals surface area contributed by atoms with Crippen LogP contribution in [0.15, 0.2) is 48.5 Å². The highest BCUT2D eigenvalue weighted by atomic mass is 32.2. The first-order valence-corrected chi connectivity index (χ1v) is 7.31. The predicted molar refractivity (Wildman–Crippen MR) is 73.1 cm³/mol. The van der Waals surface area contributed by atoms with E-state index in [1.165, 1.54) is 24.3 Å². The van der Waals surface area contributed by atoms with Gasteiger partial charge in [0.25, 0.3) is 0 Å². The maximum atomic E-state index is 13.0. The molecular formula is C15H14F2OS. The Kier molecular flexibility index (Phi) is 4.43. The van der Waals surface area contributed by atoms with Gasteiger partial charge in [-0.15, -0.1) is 0 Å². The van der Waals surface area contributed by atoms with Crippen molar-refractivity contribution in [2.45, 2.75) is 17.9 Å². The zero-order valence-corrected chi connectivity index (χ0v) is 11.3. The summed E-state index contributed by atoms with van der Waals surface area (Å²) in [4.78, 5) is 0. The highest BCUT2D eigenvalue weighted by Gasteiger charge is 2.14. The SMILES string of the molecule is C[C@@H](c1ccc(F)cc1)[S@](=O)Cc1cccc(F)c1. The van der Waals surface area contributed by atoms with Crippen molar-refractivity contribution in [3.05, 3.63) is 71.3 Å². The summed E-state index contributed by atoms with van der Waals surface area (Å²) < 4.78 is 38.1. The minimum absolute atomic E-state index is 0.219. The Hall–Kier alpha value is -1.55. The summed E-state index contributed by atoms with van der Waals surface area (Å²) in [7, 11) is -1.17. The monoisotopic (exact) mass is 280 g/mol. The third-order valence-corrected chi connectivity index (χ3v) is 4.61. The number of halogens is 2. The van der Waals surface area contributed by atoms with Crippen LogP contribution in [0.2, 0.25) is 0 Å². The molecule has 2 rings (SSSR count). The highest BCUT2D eigenvalue weighted by molar-refractivity contribution is 7.84. The van der Waals surface area contributed by atoms with Gasteiger partial charge in [-0.05, 0) is 42.3 Å². The molecule has 0 aliphatic rings. The van der Waals surface area contributed by atoms with Crippen LogP contribution in [0.3, 0.4) is 0 Å². The molecule has 0 aliphatic heterocycles. The molecular weight excluding hydrogens is 266 g/mol. The maximum absolute atomic E-state index is 13.0. The Morgan fingerprint density at radius 1 is 1.05 bits per heavy atom. The van der Waals surface area contributed by atoms with E-state index in [0.29, 0.717) is 5.56 Å². The summed E-state index contributed by atoms with van der Waals surface area (Å²) in [5.41, 5.74) is 1.52. The molecule has 4 heteroatoms. The molecule has 0 radical (unpaired) electrons. The van der Waals surface area contributed by atoms with Gasteiger partial charge < -0.3 is 0 Å². The highest BCUT2D eigenvalue weighted by Crippen LogP contribution is 2.22. The van der Waals surface area contributed by atoms with Crippen LogP contribution in [-0.2, 0) is 16.6 Å². The van der Waals surface area contributed by atoms with E-state index in [1.807, 2.05) is 6.92 Å². The summed E-state index contributed by atoms with van der Waals surface area (Å²) >= 11 is 0. The first-order chi connectivity index (χ1) is 9.06. The van der Waals surface area contributed by atoms with E-state index in [1.54, 1.807) is 24.3 Å². The van der Waals surface area contributed by atoms with E-state index in [0.717, 1.165) is 5.56 Å². The summed E-state index contributed by atoms with van der Waals surface area (Å²) in [5, 5.41) is -0.219. The van der Waals surface area contributed by atoms with Crippen LogP contribution in [0.1, 0.15) is 23.3 Å². The molecule has 19 heavy (non-hydrogen) atoms. The van der Waals surface area contributed by atoms with Gasteiger partial charge in [-0.1, -0.05) is 24.3 Å². The molecule has 2 aromatic rings. The van der Waals surface area contributed by atoms with Crippen LogP contribution < -0.4 is 0 Å². The molecule has 0 fully saturated rings. The van der Waals surface area contributed by atoms with E-state index in [4.69, 9.17) is 0 Å². The fraction of sp³-hybridized carbons (Fsp3) is 0.200. The second kappa shape index (κ2) is 6.06. The first-order valence-electron chi connectivity index (χ1n) is 5.93. The summed E-state index contributed by atoms with van der Waals surface area (Å²) in [6.07, 6.45) is 0. The summed E-state index contributed by atoms with van der Waals surface area (Å²) in [6.45, 7) is 1.82. The van der Waals surface area contributed by atoms with Crippen LogP contribution in [0.25, 0.3) is 0 Å². The van der Waals surface area contributed by atoms with E-state index in [9.17, 15) is 13.0 Å². The molecule has 0 aliphatic carbocycles. The lowest BCUT2D eigenvalue weighted by atomic mass is 10.2. The van der Waals surface area contributed by atoms with Gasteiger partial charge >= 0.3 is 0 Å². The van der Waals surface area contributed by atoms with E-state index < -0.39 is 10.8 Å². The van der Waals surface area contributed by atoms with E-state index in [-0.39, 0.29) is 22.6 Å². The lowest BCUT2D eigenvalue weighted by Crippen LogP contribution is -2.05. The van der Waals surface area contributed by atoms with Gasteiger partial charge in [0, 0.05) is 16.6 Å². The van der Waals surface area contributed by atoms with Crippen molar-refractivity contribution < 1.29 is 13.0 Å². The van der Waals surface area contributed by atoms with Gasteiger partial charge in [0.15, 0.2) is 0 Å². The topological polar surface area (TPSA) is 17.1 Å². The van der Waals surface area contributed by atoms with Gasteiger partial charge in [0.05, 0.1) is 5.25 Å². The molecule has 100 valence electrons. The molecule has 0 aromatic heterocycles. The molecule has 0 saturated carbocycles. The number of hydrogen-bond acceptors (Lipinski definition) is 1. The fourth-order valence-corrected chi connectivity index (χ4v) is 3.02. The van der Waals surface area contributed by atoms with Crippen molar-refractivity contribution in [1.82, 2.24) is 0 Å². The number of hydrogen-bond donors (Lipinski definition) is 0. The largest absolute Gasteiger partial charge is 0.259 e. The normalized spacial score (nSPS) is 14.1. The molecule has 2 atom stereocenters. The molecule has 0 N–H and O–H groups in total. The molecule has 0 saturated heterocycles. The van der Waals surface area contributed by atoms with Crippen molar-refractivity contribution in [2.24, 2.45) is 0 Å². The van der Waals surface area contributed by atoms with Gasteiger partial charge in [0.2, 0.25) is 0 Å². The van der Waals surface area contributed by atoms with Crippen LogP contribution in [0.4, 0.5) is 8.78 Å². The van der Waals surface area contributed by atoms with Crippen LogP contribution in [-0.4, -0.2) is 4.21 Å². The number of benzene rings is 2. The Bertz CT molecular complexity index is 581. The zero-order chi connectivity index (χ0) is 13.8. The molecule has 0 bridgehead atoms. The average Bonchev–Trinajstić information content (AvgIpc) is 2.39. The van der Waals surface area contributed by atoms with Gasteiger partial charge in [0.1, 0.15) is 11.6 Å². The molecule has 0 spiro atoms. The minimum Gasteiger partial charge on any atom is -0.259 e. The Morgan fingerprint density at radius 3 is 2.37 bits per heavy atom. The van der Waals surface area contributed by atoms with Crippen LogP contribution in [0.5, 0.6) is 0 Å². The van der Waals surface area contributed by atoms with Crippen molar-refractivity contribution >= 4 is 10.8 Å². The quantitative estimate of drug-likeness (QED) is 0.828.